The maximum absolute atomic E-state index is 4.25. The number of rotatable bonds is 5. The van der Waals surface area contributed by atoms with Crippen LogP contribution >= 0.6 is 0 Å². The fourth-order valence-corrected chi connectivity index (χ4v) is 2.27. The first-order valence-electron chi connectivity index (χ1n) is 7.09. The highest BCUT2D eigenvalue weighted by molar-refractivity contribution is 5.79. The van der Waals surface area contributed by atoms with Crippen LogP contribution in [0.25, 0.3) is 0 Å². The van der Waals surface area contributed by atoms with Gasteiger partial charge in [-0.05, 0) is 43.9 Å². The predicted octanol–water partition coefficient (Wildman–Crippen LogP) is 3.08. The fraction of sp³-hybridized carbons (Fsp3) is 0.562. The highest BCUT2D eigenvalue weighted by atomic mass is 15.2. The molecule has 0 bridgehead atoms. The van der Waals surface area contributed by atoms with Crippen molar-refractivity contribution in [3.8, 4) is 0 Å². The number of aryl methyl sites for hydroxylation is 3. The summed E-state index contributed by atoms with van der Waals surface area (Å²) in [6.45, 7) is 10.5. The van der Waals surface area contributed by atoms with Gasteiger partial charge in [0.05, 0.1) is 0 Å². The van der Waals surface area contributed by atoms with Crippen LogP contribution in [0.5, 0.6) is 0 Å². The number of benzene rings is 1. The van der Waals surface area contributed by atoms with E-state index in [2.05, 4.69) is 55.5 Å². The van der Waals surface area contributed by atoms with Gasteiger partial charge in [-0.2, -0.15) is 0 Å². The van der Waals surface area contributed by atoms with Gasteiger partial charge < -0.3 is 10.6 Å². The molecule has 2 N–H and O–H groups in total. The van der Waals surface area contributed by atoms with Crippen molar-refractivity contribution >= 4 is 5.96 Å². The molecule has 106 valence electrons. The van der Waals surface area contributed by atoms with Crippen LogP contribution in [-0.4, -0.2) is 19.6 Å². The van der Waals surface area contributed by atoms with E-state index in [1.165, 1.54) is 35.1 Å². The molecule has 0 saturated heterocycles. The molecule has 3 heteroatoms. The summed E-state index contributed by atoms with van der Waals surface area (Å²) in [4.78, 5) is 4.25. The number of guanidine groups is 1. The molecule has 0 fully saturated rings. The minimum Gasteiger partial charge on any atom is -0.356 e. The zero-order chi connectivity index (χ0) is 14.3. The van der Waals surface area contributed by atoms with Gasteiger partial charge in [0.15, 0.2) is 5.96 Å². The lowest BCUT2D eigenvalue weighted by atomic mass is 10.00. The van der Waals surface area contributed by atoms with Gasteiger partial charge in [0.2, 0.25) is 0 Å². The number of nitrogens with zero attached hydrogens (tertiary/aromatic N) is 1. The molecule has 0 heterocycles. The monoisotopic (exact) mass is 261 g/mol. The van der Waals surface area contributed by atoms with Crippen LogP contribution in [0.3, 0.4) is 0 Å². The third-order valence-electron chi connectivity index (χ3n) is 3.32. The Morgan fingerprint density at radius 1 is 1.11 bits per heavy atom. The summed E-state index contributed by atoms with van der Waals surface area (Å²) < 4.78 is 0. The summed E-state index contributed by atoms with van der Waals surface area (Å²) in [5.74, 6) is 0.882. The second-order valence-electron chi connectivity index (χ2n) is 5.08. The van der Waals surface area contributed by atoms with Gasteiger partial charge in [-0.1, -0.05) is 31.0 Å². The Bertz CT molecular complexity index is 413. The molecule has 0 saturated carbocycles. The number of nitrogens with one attached hydrogen (secondary N) is 2. The molecule has 1 aromatic carbocycles. The Balaban J connectivity index is 2.60. The summed E-state index contributed by atoms with van der Waals surface area (Å²) in [6, 6.07) is 4.47. The second-order valence-corrected chi connectivity index (χ2v) is 5.08. The van der Waals surface area contributed by atoms with Gasteiger partial charge in [0.1, 0.15) is 0 Å². The Hall–Kier alpha value is -1.51. The third-order valence-corrected chi connectivity index (χ3v) is 3.32. The topological polar surface area (TPSA) is 36.4 Å². The minimum atomic E-state index is 0.823. The van der Waals surface area contributed by atoms with Crippen molar-refractivity contribution in [1.82, 2.24) is 10.6 Å². The van der Waals surface area contributed by atoms with E-state index >= 15 is 0 Å². The summed E-state index contributed by atoms with van der Waals surface area (Å²) in [5.41, 5.74) is 5.37. The van der Waals surface area contributed by atoms with Crippen LogP contribution in [0.4, 0.5) is 0 Å². The van der Waals surface area contributed by atoms with Crippen molar-refractivity contribution in [3.05, 3.63) is 34.4 Å². The van der Waals surface area contributed by atoms with Crippen LogP contribution in [0.15, 0.2) is 17.1 Å². The normalized spacial score (nSPS) is 11.5. The van der Waals surface area contributed by atoms with Gasteiger partial charge in [-0.15, -0.1) is 0 Å². The smallest absolute Gasteiger partial charge is 0.191 e. The molecular formula is C16H27N3. The Morgan fingerprint density at radius 2 is 1.74 bits per heavy atom. The van der Waals surface area contributed by atoms with Crippen molar-refractivity contribution in [3.63, 3.8) is 0 Å². The highest BCUT2D eigenvalue weighted by Crippen LogP contribution is 2.15. The van der Waals surface area contributed by atoms with Gasteiger partial charge in [0, 0.05) is 20.1 Å². The fourth-order valence-electron chi connectivity index (χ4n) is 2.27. The molecule has 19 heavy (non-hydrogen) atoms. The first-order valence-corrected chi connectivity index (χ1v) is 7.09. The number of unbranched alkanes of at least 4 members (excludes halogenated alkanes) is 1. The molecular weight excluding hydrogens is 234 g/mol. The molecule has 0 atom stereocenters. The van der Waals surface area contributed by atoms with Gasteiger partial charge in [-0.25, -0.2) is 0 Å². The van der Waals surface area contributed by atoms with E-state index in [1.54, 1.807) is 0 Å². The Morgan fingerprint density at radius 3 is 2.26 bits per heavy atom. The molecule has 0 aliphatic carbocycles. The van der Waals surface area contributed by atoms with Crippen LogP contribution in [0, 0.1) is 20.8 Å². The standard InChI is InChI=1S/C16H27N3/c1-6-7-8-18-16(17-5)19-11-15-13(3)9-12(2)10-14(15)4/h9-10H,6-8,11H2,1-5H3,(H2,17,18,19). The van der Waals surface area contributed by atoms with E-state index < -0.39 is 0 Å². The molecule has 0 aliphatic heterocycles. The predicted molar refractivity (Wildman–Crippen MR) is 83.8 cm³/mol. The zero-order valence-corrected chi connectivity index (χ0v) is 12.9. The second kappa shape index (κ2) is 7.82. The maximum Gasteiger partial charge on any atom is 0.191 e. The average Bonchev–Trinajstić information content (AvgIpc) is 2.35. The molecule has 0 amide bonds. The van der Waals surface area contributed by atoms with Crippen molar-refractivity contribution in [2.75, 3.05) is 13.6 Å². The Kier molecular flexibility index (Phi) is 6.40. The first kappa shape index (κ1) is 15.5. The molecule has 0 aromatic heterocycles. The lowest BCUT2D eigenvalue weighted by Gasteiger charge is -2.15. The summed E-state index contributed by atoms with van der Waals surface area (Å²) >= 11 is 0. The van der Waals surface area contributed by atoms with Crippen LogP contribution in [0.2, 0.25) is 0 Å². The van der Waals surface area contributed by atoms with E-state index in [1.807, 2.05) is 7.05 Å². The van der Waals surface area contributed by atoms with Crippen molar-refractivity contribution in [2.45, 2.75) is 47.1 Å². The van der Waals surface area contributed by atoms with E-state index in [9.17, 15) is 0 Å². The van der Waals surface area contributed by atoms with Crippen molar-refractivity contribution in [1.29, 1.82) is 0 Å². The quantitative estimate of drug-likeness (QED) is 0.485. The SMILES string of the molecule is CCCCNC(=NC)NCc1c(C)cc(C)cc1C. The maximum atomic E-state index is 4.25. The van der Waals surface area contributed by atoms with Crippen LogP contribution in [-0.2, 0) is 6.54 Å². The van der Waals surface area contributed by atoms with Gasteiger partial charge in [0.25, 0.3) is 0 Å². The van der Waals surface area contributed by atoms with Crippen LogP contribution in [0.1, 0.15) is 42.0 Å². The molecule has 1 aromatic rings. The average molecular weight is 261 g/mol. The number of aliphatic imine (C=N–C) groups is 1. The van der Waals surface area contributed by atoms with Gasteiger partial charge in [-0.3, -0.25) is 4.99 Å². The first-order chi connectivity index (χ1) is 9.08. The highest BCUT2D eigenvalue weighted by Gasteiger charge is 2.04. The third kappa shape index (κ3) is 4.93. The largest absolute Gasteiger partial charge is 0.356 e. The van der Waals surface area contributed by atoms with E-state index in [-0.39, 0.29) is 0 Å². The molecule has 0 aliphatic rings. The van der Waals surface area contributed by atoms with Gasteiger partial charge >= 0.3 is 0 Å². The number of hydrogen-bond donors (Lipinski definition) is 2. The molecule has 0 unspecified atom stereocenters. The summed E-state index contributed by atoms with van der Waals surface area (Å²) in [6.07, 6.45) is 2.36. The van der Waals surface area contributed by atoms with E-state index in [0.717, 1.165) is 19.0 Å². The molecule has 0 radical (unpaired) electrons. The Labute approximate surface area is 117 Å². The number of hydrogen-bond acceptors (Lipinski definition) is 1. The molecule has 1 rings (SSSR count). The van der Waals surface area contributed by atoms with Crippen molar-refractivity contribution < 1.29 is 0 Å². The lowest BCUT2D eigenvalue weighted by Crippen LogP contribution is -2.37. The lowest BCUT2D eigenvalue weighted by molar-refractivity contribution is 0.727. The minimum absolute atomic E-state index is 0.823. The van der Waals surface area contributed by atoms with Crippen LogP contribution < -0.4 is 10.6 Å². The van der Waals surface area contributed by atoms with E-state index in [0.29, 0.717) is 0 Å². The molecule has 3 nitrogen and oxygen atoms in total. The van der Waals surface area contributed by atoms with E-state index in [4.69, 9.17) is 0 Å². The zero-order valence-electron chi connectivity index (χ0n) is 12.9. The van der Waals surface area contributed by atoms with Crippen molar-refractivity contribution in [2.24, 2.45) is 4.99 Å². The summed E-state index contributed by atoms with van der Waals surface area (Å²) in [7, 11) is 1.82. The molecule has 0 spiro atoms. The summed E-state index contributed by atoms with van der Waals surface area (Å²) in [5, 5.41) is 6.71.